The molecule has 1 saturated carbocycles. The van der Waals surface area contributed by atoms with Gasteiger partial charge in [0.15, 0.2) is 0 Å². The predicted octanol–water partition coefficient (Wildman–Crippen LogP) is 3.63. The standard InChI is InChI=1S/C21H22N2O4/c1-14-11-16(15(2)23(14)17-7-6-10-22-13-17)12-18-19(24)26-21(27-20(18)25)8-4-3-5-9-21/h6-7,10-13H,3-5,8-9H2,1-2H3. The average molecular weight is 366 g/mol. The van der Waals surface area contributed by atoms with Crippen LogP contribution in [0, 0.1) is 13.8 Å². The molecule has 1 spiro atoms. The molecule has 0 bridgehead atoms. The van der Waals surface area contributed by atoms with E-state index in [1.54, 1.807) is 18.5 Å². The van der Waals surface area contributed by atoms with E-state index in [-0.39, 0.29) is 5.57 Å². The third-order valence-corrected chi connectivity index (χ3v) is 5.29. The van der Waals surface area contributed by atoms with Crippen LogP contribution in [0.25, 0.3) is 11.8 Å². The molecule has 6 heteroatoms. The second-order valence-corrected chi connectivity index (χ2v) is 7.18. The van der Waals surface area contributed by atoms with Crippen LogP contribution >= 0.6 is 0 Å². The maximum absolute atomic E-state index is 12.5. The number of esters is 2. The number of carbonyl (C=O) groups excluding carboxylic acids is 2. The van der Waals surface area contributed by atoms with E-state index in [1.165, 1.54) is 0 Å². The first kappa shape index (κ1) is 17.5. The van der Waals surface area contributed by atoms with E-state index < -0.39 is 17.7 Å². The van der Waals surface area contributed by atoms with E-state index >= 15 is 0 Å². The van der Waals surface area contributed by atoms with Crippen molar-refractivity contribution in [3.05, 3.63) is 53.1 Å². The summed E-state index contributed by atoms with van der Waals surface area (Å²) in [6.45, 7) is 3.91. The topological polar surface area (TPSA) is 70.4 Å². The Labute approximate surface area is 157 Å². The van der Waals surface area contributed by atoms with Gasteiger partial charge in [-0.3, -0.25) is 4.98 Å². The zero-order chi connectivity index (χ0) is 19.0. The molecule has 1 aliphatic carbocycles. The number of nitrogens with zero attached hydrogens (tertiary/aromatic N) is 2. The number of aryl methyl sites for hydroxylation is 1. The lowest BCUT2D eigenvalue weighted by Gasteiger charge is -2.38. The minimum Gasteiger partial charge on any atom is -0.419 e. The van der Waals surface area contributed by atoms with Gasteiger partial charge in [0.1, 0.15) is 5.57 Å². The molecular weight excluding hydrogens is 344 g/mol. The number of rotatable bonds is 2. The fourth-order valence-corrected chi connectivity index (χ4v) is 3.94. The molecule has 0 N–H and O–H groups in total. The third kappa shape index (κ3) is 3.16. The average Bonchev–Trinajstić information content (AvgIpc) is 2.93. The lowest BCUT2D eigenvalue weighted by Crippen LogP contribution is -2.47. The predicted molar refractivity (Wildman–Crippen MR) is 99.0 cm³/mol. The van der Waals surface area contributed by atoms with E-state index in [0.29, 0.717) is 12.8 Å². The van der Waals surface area contributed by atoms with Crippen LogP contribution in [0.3, 0.4) is 0 Å². The van der Waals surface area contributed by atoms with Crippen LogP contribution in [-0.2, 0) is 19.1 Å². The van der Waals surface area contributed by atoms with Gasteiger partial charge in [0.2, 0.25) is 0 Å². The quantitative estimate of drug-likeness (QED) is 0.461. The highest BCUT2D eigenvalue weighted by atomic mass is 16.7. The molecule has 140 valence electrons. The van der Waals surface area contributed by atoms with Crippen molar-refractivity contribution in [2.24, 2.45) is 0 Å². The first-order valence-corrected chi connectivity index (χ1v) is 9.27. The Bertz CT molecular complexity index is 899. The van der Waals surface area contributed by atoms with Gasteiger partial charge in [-0.05, 0) is 56.5 Å². The van der Waals surface area contributed by atoms with E-state index in [2.05, 4.69) is 4.98 Å². The molecule has 3 heterocycles. The molecular formula is C21H22N2O4. The molecule has 2 aliphatic rings. The first-order chi connectivity index (χ1) is 13.0. The van der Waals surface area contributed by atoms with Gasteiger partial charge < -0.3 is 14.0 Å². The van der Waals surface area contributed by atoms with Gasteiger partial charge in [-0.25, -0.2) is 9.59 Å². The van der Waals surface area contributed by atoms with Crippen molar-refractivity contribution < 1.29 is 19.1 Å². The number of hydrogen-bond acceptors (Lipinski definition) is 5. The van der Waals surface area contributed by atoms with Crippen LogP contribution in [0.1, 0.15) is 49.1 Å². The van der Waals surface area contributed by atoms with Gasteiger partial charge in [-0.1, -0.05) is 6.42 Å². The Morgan fingerprint density at radius 3 is 2.44 bits per heavy atom. The summed E-state index contributed by atoms with van der Waals surface area (Å²) in [7, 11) is 0. The summed E-state index contributed by atoms with van der Waals surface area (Å²) >= 11 is 0. The van der Waals surface area contributed by atoms with Gasteiger partial charge in [-0.15, -0.1) is 0 Å². The Hall–Kier alpha value is -2.89. The van der Waals surface area contributed by atoms with E-state index in [9.17, 15) is 9.59 Å². The highest BCUT2D eigenvalue weighted by Gasteiger charge is 2.46. The summed E-state index contributed by atoms with van der Waals surface area (Å²) in [4.78, 5) is 29.3. The summed E-state index contributed by atoms with van der Waals surface area (Å²) in [5.74, 6) is -2.25. The van der Waals surface area contributed by atoms with Gasteiger partial charge in [0, 0.05) is 30.4 Å². The molecule has 1 aliphatic heterocycles. The highest BCUT2D eigenvalue weighted by Crippen LogP contribution is 2.37. The molecule has 2 aromatic heterocycles. The summed E-state index contributed by atoms with van der Waals surface area (Å²) in [5, 5.41) is 0. The molecule has 0 atom stereocenters. The molecule has 0 radical (unpaired) electrons. The van der Waals surface area contributed by atoms with E-state index in [0.717, 1.165) is 41.9 Å². The lowest BCUT2D eigenvalue weighted by molar-refractivity contribution is -0.244. The zero-order valence-corrected chi connectivity index (χ0v) is 15.5. The number of aromatic nitrogens is 2. The van der Waals surface area contributed by atoms with Crippen LogP contribution in [0.4, 0.5) is 0 Å². The lowest BCUT2D eigenvalue weighted by atomic mass is 9.93. The normalized spacial score (nSPS) is 19.0. The maximum Gasteiger partial charge on any atom is 0.348 e. The monoisotopic (exact) mass is 366 g/mol. The Balaban J connectivity index is 1.66. The molecule has 4 rings (SSSR count). The van der Waals surface area contributed by atoms with E-state index in [4.69, 9.17) is 9.47 Å². The van der Waals surface area contributed by atoms with Gasteiger partial charge in [-0.2, -0.15) is 0 Å². The summed E-state index contributed by atoms with van der Waals surface area (Å²) in [6, 6.07) is 5.76. The minimum absolute atomic E-state index is 0.0577. The third-order valence-electron chi connectivity index (χ3n) is 5.29. The van der Waals surface area contributed by atoms with Crippen molar-refractivity contribution >= 4 is 18.0 Å². The summed E-state index contributed by atoms with van der Waals surface area (Å²) < 4.78 is 13.2. The highest BCUT2D eigenvalue weighted by molar-refractivity contribution is 6.19. The number of hydrogen-bond donors (Lipinski definition) is 0. The second-order valence-electron chi connectivity index (χ2n) is 7.18. The minimum atomic E-state index is -1.06. The molecule has 1 saturated heterocycles. The second kappa shape index (κ2) is 6.68. The van der Waals surface area contributed by atoms with E-state index in [1.807, 2.05) is 36.6 Å². The van der Waals surface area contributed by atoms with Crippen LogP contribution in [0.5, 0.6) is 0 Å². The van der Waals surface area contributed by atoms with Gasteiger partial charge >= 0.3 is 11.9 Å². The van der Waals surface area contributed by atoms with Gasteiger partial charge in [0.05, 0.1) is 11.9 Å². The Morgan fingerprint density at radius 2 is 1.81 bits per heavy atom. The first-order valence-electron chi connectivity index (χ1n) is 9.27. The molecule has 2 aromatic rings. The van der Waals surface area contributed by atoms with Crippen LogP contribution in [0.2, 0.25) is 0 Å². The molecule has 0 unspecified atom stereocenters. The van der Waals surface area contributed by atoms with Crippen LogP contribution in [0.15, 0.2) is 36.2 Å². The van der Waals surface area contributed by atoms with Crippen molar-refractivity contribution in [2.75, 3.05) is 0 Å². The largest absolute Gasteiger partial charge is 0.419 e. The molecule has 27 heavy (non-hydrogen) atoms. The maximum atomic E-state index is 12.5. The molecule has 6 nitrogen and oxygen atoms in total. The van der Waals surface area contributed by atoms with Crippen molar-refractivity contribution in [3.63, 3.8) is 0 Å². The Morgan fingerprint density at radius 1 is 1.11 bits per heavy atom. The SMILES string of the molecule is Cc1cc(C=C2C(=O)OC3(CCCCC3)OC2=O)c(C)n1-c1cccnc1. The fraction of sp³-hybridized carbons (Fsp3) is 0.381. The number of pyridine rings is 1. The van der Waals surface area contributed by atoms with Crippen molar-refractivity contribution in [1.29, 1.82) is 0 Å². The summed E-state index contributed by atoms with van der Waals surface area (Å²) in [5.41, 5.74) is 3.53. The number of ether oxygens (including phenoxy) is 2. The van der Waals surface area contributed by atoms with Gasteiger partial charge in [0.25, 0.3) is 5.79 Å². The fourth-order valence-electron chi connectivity index (χ4n) is 3.94. The van der Waals surface area contributed by atoms with Crippen LogP contribution < -0.4 is 0 Å². The Kier molecular flexibility index (Phi) is 4.34. The van der Waals surface area contributed by atoms with Crippen molar-refractivity contribution in [2.45, 2.75) is 51.7 Å². The molecule has 0 aromatic carbocycles. The van der Waals surface area contributed by atoms with Crippen LogP contribution in [-0.4, -0.2) is 27.3 Å². The zero-order valence-electron chi connectivity index (χ0n) is 15.5. The smallest absolute Gasteiger partial charge is 0.348 e. The molecule has 2 fully saturated rings. The summed E-state index contributed by atoms with van der Waals surface area (Å²) in [6.07, 6.45) is 9.07. The molecule has 0 amide bonds. The van der Waals surface area contributed by atoms with Crippen molar-refractivity contribution in [3.8, 4) is 5.69 Å². The van der Waals surface area contributed by atoms with Crippen molar-refractivity contribution in [1.82, 2.24) is 9.55 Å². The number of carbonyl (C=O) groups is 2.